The fourth-order valence-corrected chi connectivity index (χ4v) is 1.03. The first kappa shape index (κ1) is 8.52. The molecule has 1 aliphatic rings. The molecule has 6 heteroatoms. The number of ether oxygens (including phenoxy) is 2. The molecule has 13 heavy (non-hydrogen) atoms. The Labute approximate surface area is 79.8 Å². The normalized spacial score (nSPS) is 16.7. The van der Waals surface area contributed by atoms with Gasteiger partial charge in [0.25, 0.3) is 0 Å². The quantitative estimate of drug-likeness (QED) is 0.754. The topological polar surface area (TPSA) is 70.3 Å². The molecule has 70 valence electrons. The second-order valence-electron chi connectivity index (χ2n) is 2.66. The van der Waals surface area contributed by atoms with Crippen LogP contribution >= 0.6 is 11.6 Å². The number of nitrogens with zero attached hydrogens (tertiary/aromatic N) is 2. The van der Waals surface area contributed by atoms with Crippen molar-refractivity contribution < 1.29 is 9.47 Å². The lowest BCUT2D eigenvalue weighted by atomic mass is 10.3. The molecule has 2 N–H and O–H groups in total. The van der Waals surface area contributed by atoms with Crippen LogP contribution in [-0.2, 0) is 4.74 Å². The molecule has 2 heterocycles. The van der Waals surface area contributed by atoms with Crippen molar-refractivity contribution in [3.63, 3.8) is 0 Å². The second-order valence-corrected chi connectivity index (χ2v) is 3.03. The molecule has 0 saturated carbocycles. The summed E-state index contributed by atoms with van der Waals surface area (Å²) in [5.41, 5.74) is 5.46. The zero-order valence-electron chi connectivity index (χ0n) is 6.74. The van der Waals surface area contributed by atoms with E-state index in [0.717, 1.165) is 0 Å². The minimum atomic E-state index is 0.0341. The van der Waals surface area contributed by atoms with Crippen molar-refractivity contribution in [2.45, 2.75) is 6.10 Å². The highest BCUT2D eigenvalue weighted by atomic mass is 35.5. The van der Waals surface area contributed by atoms with Crippen LogP contribution in [0.1, 0.15) is 0 Å². The van der Waals surface area contributed by atoms with Gasteiger partial charge in [0.15, 0.2) is 0 Å². The third-order valence-electron chi connectivity index (χ3n) is 1.67. The maximum Gasteiger partial charge on any atom is 0.238 e. The third-order valence-corrected chi connectivity index (χ3v) is 2.03. The number of hydrogen-bond donors (Lipinski definition) is 1. The SMILES string of the molecule is Nc1ncnc(OC2COC2)c1Cl. The number of nitrogen functional groups attached to an aromatic ring is 1. The van der Waals surface area contributed by atoms with Crippen LogP contribution < -0.4 is 10.5 Å². The van der Waals surface area contributed by atoms with Gasteiger partial charge in [-0.05, 0) is 0 Å². The summed E-state index contributed by atoms with van der Waals surface area (Å²) in [6, 6.07) is 0. The van der Waals surface area contributed by atoms with E-state index in [1.165, 1.54) is 6.33 Å². The summed E-state index contributed by atoms with van der Waals surface area (Å²) < 4.78 is 10.3. The molecule has 1 aromatic heterocycles. The molecule has 0 aliphatic carbocycles. The van der Waals surface area contributed by atoms with Crippen LogP contribution in [0.25, 0.3) is 0 Å². The standard InChI is InChI=1S/C7H8ClN3O2/c8-5-6(9)10-3-11-7(5)13-4-1-12-2-4/h3-4H,1-2H2,(H2,9,10,11). The van der Waals surface area contributed by atoms with Gasteiger partial charge in [0.05, 0.1) is 13.2 Å². The molecule has 1 saturated heterocycles. The van der Waals surface area contributed by atoms with Gasteiger partial charge in [0.2, 0.25) is 5.88 Å². The molecule has 2 rings (SSSR count). The number of nitrogens with two attached hydrogens (primary N) is 1. The smallest absolute Gasteiger partial charge is 0.238 e. The lowest BCUT2D eigenvalue weighted by molar-refractivity contribution is -0.0813. The van der Waals surface area contributed by atoms with Gasteiger partial charge in [-0.3, -0.25) is 0 Å². The highest BCUT2D eigenvalue weighted by molar-refractivity contribution is 6.33. The molecule has 0 unspecified atom stereocenters. The van der Waals surface area contributed by atoms with Gasteiger partial charge in [-0.2, -0.15) is 0 Å². The van der Waals surface area contributed by atoms with Gasteiger partial charge in [0, 0.05) is 0 Å². The number of anilines is 1. The first-order valence-electron chi connectivity index (χ1n) is 3.77. The van der Waals surface area contributed by atoms with Crippen LogP contribution in [0.2, 0.25) is 5.02 Å². The molecule has 1 aromatic rings. The average molecular weight is 202 g/mol. The molecule has 5 nitrogen and oxygen atoms in total. The molecule has 1 fully saturated rings. The predicted octanol–water partition coefficient (Wildman–Crippen LogP) is 0.490. The number of rotatable bonds is 2. The van der Waals surface area contributed by atoms with Crippen LogP contribution in [0.3, 0.4) is 0 Å². The lowest BCUT2D eigenvalue weighted by Gasteiger charge is -2.26. The van der Waals surface area contributed by atoms with Crippen molar-refractivity contribution in [2.24, 2.45) is 0 Å². The van der Waals surface area contributed by atoms with Crippen molar-refractivity contribution in [1.29, 1.82) is 0 Å². The van der Waals surface area contributed by atoms with Gasteiger partial charge in [0.1, 0.15) is 23.3 Å². The maximum absolute atomic E-state index is 5.80. The van der Waals surface area contributed by atoms with E-state index in [-0.39, 0.29) is 16.9 Å². The Hall–Kier alpha value is -1.07. The molecular formula is C7H8ClN3O2. The van der Waals surface area contributed by atoms with Gasteiger partial charge in [-0.1, -0.05) is 11.6 Å². The van der Waals surface area contributed by atoms with Crippen LogP contribution in [0.5, 0.6) is 5.88 Å². The third kappa shape index (κ3) is 1.66. The van der Waals surface area contributed by atoms with Crippen molar-refractivity contribution in [3.05, 3.63) is 11.3 Å². The van der Waals surface area contributed by atoms with Gasteiger partial charge < -0.3 is 15.2 Å². The van der Waals surface area contributed by atoms with E-state index in [1.807, 2.05) is 0 Å². The fourth-order valence-electron chi connectivity index (χ4n) is 0.889. The van der Waals surface area contributed by atoms with Gasteiger partial charge in [-0.15, -0.1) is 0 Å². The summed E-state index contributed by atoms with van der Waals surface area (Å²) in [4.78, 5) is 7.57. The van der Waals surface area contributed by atoms with E-state index in [2.05, 4.69) is 9.97 Å². The number of aromatic nitrogens is 2. The van der Waals surface area contributed by atoms with Crippen molar-refractivity contribution >= 4 is 17.4 Å². The van der Waals surface area contributed by atoms with Crippen LogP contribution in [0.4, 0.5) is 5.82 Å². The van der Waals surface area contributed by atoms with Crippen molar-refractivity contribution in [2.75, 3.05) is 18.9 Å². The minimum Gasteiger partial charge on any atom is -0.468 e. The molecular weight excluding hydrogens is 194 g/mol. The highest BCUT2D eigenvalue weighted by Gasteiger charge is 2.22. The van der Waals surface area contributed by atoms with E-state index >= 15 is 0 Å². The Balaban J connectivity index is 2.14. The number of hydrogen-bond acceptors (Lipinski definition) is 5. The Bertz CT molecular complexity index is 317. The summed E-state index contributed by atoms with van der Waals surface area (Å²) in [5, 5.41) is 0.259. The Morgan fingerprint density at radius 1 is 1.54 bits per heavy atom. The second kappa shape index (κ2) is 3.35. The molecule has 0 bridgehead atoms. The van der Waals surface area contributed by atoms with E-state index in [1.54, 1.807) is 0 Å². The van der Waals surface area contributed by atoms with Crippen molar-refractivity contribution in [3.8, 4) is 5.88 Å². The highest BCUT2D eigenvalue weighted by Crippen LogP contribution is 2.27. The van der Waals surface area contributed by atoms with Crippen LogP contribution in [0.15, 0.2) is 6.33 Å². The summed E-state index contributed by atoms with van der Waals surface area (Å²) >= 11 is 5.80. The zero-order valence-corrected chi connectivity index (χ0v) is 7.49. The van der Waals surface area contributed by atoms with E-state index < -0.39 is 0 Å². The Morgan fingerprint density at radius 3 is 2.92 bits per heavy atom. The molecule has 0 spiro atoms. The van der Waals surface area contributed by atoms with Crippen LogP contribution in [-0.4, -0.2) is 29.3 Å². The molecule has 0 aromatic carbocycles. The Kier molecular flexibility index (Phi) is 2.20. The zero-order chi connectivity index (χ0) is 9.26. The monoisotopic (exact) mass is 201 g/mol. The summed E-state index contributed by atoms with van der Waals surface area (Å²) in [7, 11) is 0. The number of halogens is 1. The maximum atomic E-state index is 5.80. The van der Waals surface area contributed by atoms with Crippen molar-refractivity contribution in [1.82, 2.24) is 9.97 Å². The van der Waals surface area contributed by atoms with E-state index in [9.17, 15) is 0 Å². The molecule has 0 atom stereocenters. The first-order valence-corrected chi connectivity index (χ1v) is 4.15. The fraction of sp³-hybridized carbons (Fsp3) is 0.429. The summed E-state index contributed by atoms with van der Waals surface area (Å²) in [6.45, 7) is 1.14. The first-order chi connectivity index (χ1) is 6.27. The van der Waals surface area contributed by atoms with Gasteiger partial charge >= 0.3 is 0 Å². The van der Waals surface area contributed by atoms with E-state index in [0.29, 0.717) is 19.1 Å². The lowest BCUT2D eigenvalue weighted by Crippen LogP contribution is -2.38. The van der Waals surface area contributed by atoms with E-state index in [4.69, 9.17) is 26.8 Å². The average Bonchev–Trinajstić information content (AvgIpc) is 2.04. The summed E-state index contributed by atoms with van der Waals surface area (Å²) in [6.07, 6.45) is 1.35. The minimum absolute atomic E-state index is 0.0341. The summed E-state index contributed by atoms with van der Waals surface area (Å²) in [5.74, 6) is 0.550. The Morgan fingerprint density at radius 2 is 2.31 bits per heavy atom. The largest absolute Gasteiger partial charge is 0.468 e. The molecule has 1 aliphatic heterocycles. The van der Waals surface area contributed by atoms with Crippen LogP contribution in [0, 0.1) is 0 Å². The van der Waals surface area contributed by atoms with Gasteiger partial charge in [-0.25, -0.2) is 9.97 Å². The molecule has 0 amide bonds. The molecule has 0 radical (unpaired) electrons. The predicted molar refractivity (Wildman–Crippen MR) is 46.7 cm³/mol.